The second kappa shape index (κ2) is 8.33. The molecule has 1 aromatic carbocycles. The first-order valence-electron chi connectivity index (χ1n) is 7.53. The highest BCUT2D eigenvalue weighted by Crippen LogP contribution is 2.21. The molecule has 0 saturated heterocycles. The number of pyridine rings is 2. The van der Waals surface area contributed by atoms with Crippen LogP contribution >= 0.6 is 15.9 Å². The number of hydrogen-bond acceptors (Lipinski definition) is 4. The first-order valence-corrected chi connectivity index (χ1v) is 9.47. The maximum absolute atomic E-state index is 12.4. The lowest BCUT2D eigenvalue weighted by Gasteiger charge is -2.09. The molecule has 0 fully saturated rings. The first kappa shape index (κ1) is 17.7. The number of benzene rings is 1. The van der Waals surface area contributed by atoms with E-state index in [0.29, 0.717) is 22.9 Å². The maximum atomic E-state index is 12.4. The molecule has 3 rings (SSSR count). The van der Waals surface area contributed by atoms with E-state index in [1.807, 2.05) is 54.6 Å². The van der Waals surface area contributed by atoms with Crippen LogP contribution in [-0.2, 0) is 17.5 Å². The van der Waals surface area contributed by atoms with E-state index in [4.69, 9.17) is 4.74 Å². The first-order chi connectivity index (χ1) is 12.2. The van der Waals surface area contributed by atoms with Crippen LogP contribution in [0.5, 0.6) is 5.75 Å². The fourth-order valence-corrected chi connectivity index (χ4v) is 3.29. The van der Waals surface area contributed by atoms with Gasteiger partial charge in [-0.05, 0) is 36.4 Å². The summed E-state index contributed by atoms with van der Waals surface area (Å²) in [5.74, 6) is 0.682. The summed E-state index contributed by atoms with van der Waals surface area (Å²) in [6, 6.07) is 16.6. The fourth-order valence-electron chi connectivity index (χ4n) is 2.19. The third-order valence-corrected chi connectivity index (χ3v) is 5.06. The van der Waals surface area contributed by atoms with E-state index >= 15 is 0 Å². The molecule has 0 saturated carbocycles. The molecule has 2 heterocycles. The summed E-state index contributed by atoms with van der Waals surface area (Å²) in [5, 5.41) is 0. The molecule has 0 aliphatic rings. The Morgan fingerprint density at radius 2 is 1.92 bits per heavy atom. The van der Waals surface area contributed by atoms with Gasteiger partial charge >= 0.3 is 0 Å². The third-order valence-electron chi connectivity index (χ3n) is 3.43. The summed E-state index contributed by atoms with van der Waals surface area (Å²) in [6.45, 7) is 0.347. The van der Waals surface area contributed by atoms with Crippen LogP contribution in [0.2, 0.25) is 0 Å². The minimum absolute atomic E-state index is 0.347. The van der Waals surface area contributed by atoms with Crippen molar-refractivity contribution in [2.45, 2.75) is 11.4 Å². The van der Waals surface area contributed by atoms with E-state index in [0.717, 1.165) is 15.9 Å². The van der Waals surface area contributed by atoms with Crippen LogP contribution in [0.15, 0.2) is 70.2 Å². The molecule has 5 nitrogen and oxygen atoms in total. The molecule has 3 aromatic rings. The molecular formula is C18H16BrN3O2S. The molecule has 0 amide bonds. The summed E-state index contributed by atoms with van der Waals surface area (Å²) in [5.41, 5.74) is 2.20. The Morgan fingerprint density at radius 1 is 1.12 bits per heavy atom. The molecular weight excluding hydrogens is 402 g/mol. The molecule has 1 atom stereocenters. The van der Waals surface area contributed by atoms with E-state index in [9.17, 15) is 4.21 Å². The van der Waals surface area contributed by atoms with Gasteiger partial charge in [-0.15, -0.1) is 0 Å². The van der Waals surface area contributed by atoms with Crippen molar-refractivity contribution in [3.63, 3.8) is 0 Å². The predicted molar refractivity (Wildman–Crippen MR) is 101 cm³/mol. The monoisotopic (exact) mass is 417 g/mol. The smallest absolute Gasteiger partial charge is 0.125 e. The molecule has 0 aliphatic heterocycles. The van der Waals surface area contributed by atoms with E-state index in [1.54, 1.807) is 13.3 Å². The molecule has 25 heavy (non-hydrogen) atoms. The van der Waals surface area contributed by atoms with Crippen molar-refractivity contribution >= 4 is 26.9 Å². The number of halogens is 1. The Labute approximate surface area is 157 Å². The minimum atomic E-state index is -1.32. The molecule has 7 heteroatoms. The van der Waals surface area contributed by atoms with Crippen molar-refractivity contribution in [3.05, 3.63) is 71.0 Å². The molecule has 0 bridgehead atoms. The number of ether oxygens (including phenoxy) is 1. The van der Waals surface area contributed by atoms with Gasteiger partial charge in [0, 0.05) is 22.8 Å². The van der Waals surface area contributed by atoms with Gasteiger partial charge in [0.1, 0.15) is 16.7 Å². The van der Waals surface area contributed by atoms with Crippen LogP contribution in [0, 0.1) is 0 Å². The Morgan fingerprint density at radius 3 is 2.60 bits per heavy atom. The van der Waals surface area contributed by atoms with E-state index < -0.39 is 11.0 Å². The van der Waals surface area contributed by atoms with Gasteiger partial charge in [0.05, 0.1) is 35.6 Å². The van der Waals surface area contributed by atoms with Crippen LogP contribution in [0.4, 0.5) is 0 Å². The number of aromatic nitrogens is 2. The standard InChI is InChI=1S/C18H16BrN3O2S/c1-24-15-10-14(22-18(11-15)17-4-2-3-9-20-17)12-21-25(23)16-7-5-13(19)6-8-16/h2-11,21H,12H2,1H3. The van der Waals surface area contributed by atoms with Crippen molar-refractivity contribution in [1.29, 1.82) is 0 Å². The number of nitrogens with one attached hydrogen (secondary N) is 1. The zero-order valence-electron chi connectivity index (χ0n) is 13.5. The predicted octanol–water partition coefficient (Wildman–Crippen LogP) is 3.73. The number of rotatable bonds is 6. The van der Waals surface area contributed by atoms with Crippen LogP contribution in [0.3, 0.4) is 0 Å². The van der Waals surface area contributed by atoms with Crippen molar-refractivity contribution in [1.82, 2.24) is 14.7 Å². The van der Waals surface area contributed by atoms with Gasteiger partial charge in [0.25, 0.3) is 0 Å². The molecule has 0 radical (unpaired) electrons. The molecule has 128 valence electrons. The maximum Gasteiger partial charge on any atom is 0.125 e. The van der Waals surface area contributed by atoms with Crippen molar-refractivity contribution in [2.75, 3.05) is 7.11 Å². The fraction of sp³-hybridized carbons (Fsp3) is 0.111. The zero-order chi connectivity index (χ0) is 17.6. The largest absolute Gasteiger partial charge is 0.497 e. The number of hydrogen-bond donors (Lipinski definition) is 1. The number of nitrogens with zero attached hydrogens (tertiary/aromatic N) is 2. The van der Waals surface area contributed by atoms with E-state index in [2.05, 4.69) is 30.6 Å². The molecule has 0 aliphatic carbocycles. The van der Waals surface area contributed by atoms with Crippen molar-refractivity contribution in [2.24, 2.45) is 0 Å². The molecule has 1 unspecified atom stereocenters. The zero-order valence-corrected chi connectivity index (χ0v) is 15.9. The van der Waals surface area contributed by atoms with Crippen molar-refractivity contribution < 1.29 is 8.95 Å². The van der Waals surface area contributed by atoms with Crippen LogP contribution in [-0.4, -0.2) is 21.3 Å². The van der Waals surface area contributed by atoms with Crippen molar-refractivity contribution in [3.8, 4) is 17.1 Å². The van der Waals surface area contributed by atoms with Crippen LogP contribution < -0.4 is 9.46 Å². The van der Waals surface area contributed by atoms with Crippen LogP contribution in [0.1, 0.15) is 5.69 Å². The van der Waals surface area contributed by atoms with E-state index in [1.165, 1.54) is 0 Å². The third kappa shape index (κ3) is 4.72. The van der Waals surface area contributed by atoms with Gasteiger partial charge in [-0.25, -0.2) is 13.9 Å². The van der Waals surface area contributed by atoms with Gasteiger partial charge in [0.2, 0.25) is 0 Å². The van der Waals surface area contributed by atoms with Gasteiger partial charge in [-0.2, -0.15) is 0 Å². The topological polar surface area (TPSA) is 64.1 Å². The van der Waals surface area contributed by atoms with Crippen LogP contribution in [0.25, 0.3) is 11.4 Å². The van der Waals surface area contributed by atoms with Gasteiger partial charge in [0.15, 0.2) is 0 Å². The van der Waals surface area contributed by atoms with Gasteiger partial charge in [-0.3, -0.25) is 4.98 Å². The summed E-state index contributed by atoms with van der Waals surface area (Å²) >= 11 is 3.37. The Balaban J connectivity index is 1.78. The normalized spacial score (nSPS) is 11.9. The summed E-state index contributed by atoms with van der Waals surface area (Å²) in [4.78, 5) is 9.60. The SMILES string of the molecule is COc1cc(CNS(=O)c2ccc(Br)cc2)nc(-c2ccccn2)c1. The molecule has 0 spiro atoms. The second-order valence-electron chi connectivity index (χ2n) is 5.14. The summed E-state index contributed by atoms with van der Waals surface area (Å²) < 4.78 is 21.6. The highest BCUT2D eigenvalue weighted by Gasteiger charge is 2.09. The Kier molecular flexibility index (Phi) is 5.91. The lowest BCUT2D eigenvalue weighted by molar-refractivity contribution is 0.413. The Bertz CT molecular complexity index is 873. The minimum Gasteiger partial charge on any atom is -0.497 e. The number of methoxy groups -OCH3 is 1. The lowest BCUT2D eigenvalue weighted by Crippen LogP contribution is -2.17. The average molecular weight is 418 g/mol. The van der Waals surface area contributed by atoms with E-state index in [-0.39, 0.29) is 0 Å². The highest BCUT2D eigenvalue weighted by atomic mass is 79.9. The molecule has 1 N–H and O–H groups in total. The summed E-state index contributed by atoms with van der Waals surface area (Å²) in [6.07, 6.45) is 1.72. The second-order valence-corrected chi connectivity index (χ2v) is 7.36. The lowest BCUT2D eigenvalue weighted by atomic mass is 10.2. The van der Waals surface area contributed by atoms with Gasteiger partial charge in [-0.1, -0.05) is 22.0 Å². The quantitative estimate of drug-likeness (QED) is 0.663. The summed E-state index contributed by atoms with van der Waals surface area (Å²) in [7, 11) is 0.287. The average Bonchev–Trinajstić information content (AvgIpc) is 2.67. The Hall–Kier alpha value is -2.09. The highest BCUT2D eigenvalue weighted by molar-refractivity contribution is 9.10. The molecule has 2 aromatic heterocycles. The van der Waals surface area contributed by atoms with Gasteiger partial charge < -0.3 is 4.74 Å².